The first kappa shape index (κ1) is 17.0. The van der Waals surface area contributed by atoms with Gasteiger partial charge in [-0.15, -0.1) is 0 Å². The predicted octanol–water partition coefficient (Wildman–Crippen LogP) is 4.15. The molecule has 0 heterocycles. The minimum atomic E-state index is -0.151. The smallest absolute Gasteiger partial charge is 0.241 e. The number of benzene rings is 1. The molecule has 1 aromatic carbocycles. The van der Waals surface area contributed by atoms with Crippen LogP contribution in [0, 0.1) is 6.92 Å². The highest BCUT2D eigenvalue weighted by molar-refractivity contribution is 6.34. The van der Waals surface area contributed by atoms with Gasteiger partial charge in [0.05, 0.1) is 16.8 Å². The van der Waals surface area contributed by atoms with Crippen LogP contribution in [0.2, 0.25) is 5.02 Å². The molecule has 0 saturated heterocycles. The van der Waals surface area contributed by atoms with Crippen molar-refractivity contribution in [2.75, 3.05) is 11.9 Å². The van der Waals surface area contributed by atoms with E-state index in [2.05, 4.69) is 24.5 Å². The van der Waals surface area contributed by atoms with Crippen LogP contribution in [0.15, 0.2) is 18.2 Å². The van der Waals surface area contributed by atoms with E-state index < -0.39 is 0 Å². The minimum absolute atomic E-state index is 0.000784. The summed E-state index contributed by atoms with van der Waals surface area (Å²) in [5.74, 6) is -0.000784. The van der Waals surface area contributed by atoms with Gasteiger partial charge < -0.3 is 10.6 Å². The van der Waals surface area contributed by atoms with Gasteiger partial charge >= 0.3 is 0 Å². The van der Waals surface area contributed by atoms with Crippen molar-refractivity contribution >= 4 is 23.2 Å². The second-order valence-corrected chi connectivity index (χ2v) is 5.48. The molecular formula is C16H25ClN2O. The molecule has 0 aliphatic heterocycles. The Morgan fingerprint density at radius 3 is 2.65 bits per heavy atom. The number of amides is 1. The van der Waals surface area contributed by atoms with Crippen LogP contribution in [0.1, 0.15) is 45.1 Å². The Morgan fingerprint density at radius 1 is 1.30 bits per heavy atom. The molecule has 0 aromatic heterocycles. The molecule has 2 N–H and O–H groups in total. The van der Waals surface area contributed by atoms with Crippen molar-refractivity contribution in [2.24, 2.45) is 0 Å². The fraction of sp³-hybridized carbons (Fsp3) is 0.562. The second kappa shape index (κ2) is 8.98. The van der Waals surface area contributed by atoms with Crippen molar-refractivity contribution in [1.82, 2.24) is 5.32 Å². The largest absolute Gasteiger partial charge is 0.323 e. The summed E-state index contributed by atoms with van der Waals surface area (Å²) < 4.78 is 0. The van der Waals surface area contributed by atoms with Crippen molar-refractivity contribution in [3.8, 4) is 0 Å². The summed E-state index contributed by atoms with van der Waals surface area (Å²) in [6.45, 7) is 7.04. The Bertz CT molecular complexity index is 414. The van der Waals surface area contributed by atoms with E-state index in [4.69, 9.17) is 11.6 Å². The van der Waals surface area contributed by atoms with Gasteiger partial charge in [0, 0.05) is 0 Å². The molecule has 20 heavy (non-hydrogen) atoms. The number of hydrogen-bond acceptors (Lipinski definition) is 2. The third-order valence-corrected chi connectivity index (χ3v) is 3.60. The van der Waals surface area contributed by atoms with Crippen LogP contribution >= 0.6 is 11.6 Å². The van der Waals surface area contributed by atoms with E-state index >= 15 is 0 Å². The Kier molecular flexibility index (Phi) is 7.63. The molecule has 0 bridgehead atoms. The molecule has 1 amide bonds. The fourth-order valence-corrected chi connectivity index (χ4v) is 2.34. The molecule has 1 aromatic rings. The summed E-state index contributed by atoms with van der Waals surface area (Å²) in [6, 6.07) is 5.47. The number of halogens is 1. The van der Waals surface area contributed by atoms with Gasteiger partial charge in [-0.1, -0.05) is 50.4 Å². The first-order chi connectivity index (χ1) is 9.60. The molecule has 0 fully saturated rings. The van der Waals surface area contributed by atoms with Crippen LogP contribution in [0.25, 0.3) is 0 Å². The summed E-state index contributed by atoms with van der Waals surface area (Å²) in [5.41, 5.74) is 1.70. The Morgan fingerprint density at radius 2 is 2.05 bits per heavy atom. The number of nitrogens with one attached hydrogen (secondary N) is 2. The average molecular weight is 297 g/mol. The van der Waals surface area contributed by atoms with E-state index in [1.54, 1.807) is 6.07 Å². The van der Waals surface area contributed by atoms with E-state index in [0.29, 0.717) is 5.02 Å². The molecule has 4 heteroatoms. The number of anilines is 1. The van der Waals surface area contributed by atoms with Gasteiger partial charge in [-0.2, -0.15) is 0 Å². The van der Waals surface area contributed by atoms with Crippen LogP contribution in [0.3, 0.4) is 0 Å². The molecule has 0 aliphatic rings. The maximum absolute atomic E-state index is 12.4. The monoisotopic (exact) mass is 296 g/mol. The summed E-state index contributed by atoms with van der Waals surface area (Å²) >= 11 is 6.15. The molecular weight excluding hydrogens is 272 g/mol. The quantitative estimate of drug-likeness (QED) is 0.708. The van der Waals surface area contributed by atoms with Crippen LogP contribution in [-0.4, -0.2) is 18.5 Å². The van der Waals surface area contributed by atoms with Gasteiger partial charge in [0.15, 0.2) is 0 Å². The van der Waals surface area contributed by atoms with Gasteiger partial charge in [-0.3, -0.25) is 4.79 Å². The summed E-state index contributed by atoms with van der Waals surface area (Å²) in [7, 11) is 0. The van der Waals surface area contributed by atoms with E-state index in [1.807, 2.05) is 19.1 Å². The van der Waals surface area contributed by atoms with Gasteiger partial charge in [0.1, 0.15) is 0 Å². The highest BCUT2D eigenvalue weighted by Crippen LogP contribution is 2.25. The van der Waals surface area contributed by atoms with Crippen molar-refractivity contribution < 1.29 is 4.79 Å². The standard InChI is InChI=1S/C16H25ClN2O/c1-4-6-11-18-14(8-5-2)16(20)19-15-12(3)9-7-10-13(15)17/h7,9-10,14,18H,4-6,8,11H2,1-3H3,(H,19,20). The zero-order valence-electron chi connectivity index (χ0n) is 12.6. The highest BCUT2D eigenvalue weighted by Gasteiger charge is 2.18. The van der Waals surface area contributed by atoms with Crippen molar-refractivity contribution in [2.45, 2.75) is 52.5 Å². The summed E-state index contributed by atoms with van der Waals surface area (Å²) in [4.78, 5) is 12.4. The van der Waals surface area contributed by atoms with Crippen LogP contribution < -0.4 is 10.6 Å². The lowest BCUT2D eigenvalue weighted by atomic mass is 10.1. The second-order valence-electron chi connectivity index (χ2n) is 5.07. The number of carbonyl (C=O) groups excluding carboxylic acids is 1. The van der Waals surface area contributed by atoms with Crippen LogP contribution in [0.5, 0.6) is 0 Å². The Labute approximate surface area is 127 Å². The molecule has 1 rings (SSSR count). The Hall–Kier alpha value is -1.06. The summed E-state index contributed by atoms with van der Waals surface area (Å²) in [5, 5.41) is 6.87. The highest BCUT2D eigenvalue weighted by atomic mass is 35.5. The molecule has 0 aliphatic carbocycles. The number of hydrogen-bond donors (Lipinski definition) is 2. The van der Waals surface area contributed by atoms with Gasteiger partial charge in [-0.05, 0) is 37.9 Å². The number of carbonyl (C=O) groups is 1. The lowest BCUT2D eigenvalue weighted by Gasteiger charge is -2.19. The van der Waals surface area contributed by atoms with E-state index in [9.17, 15) is 4.79 Å². The van der Waals surface area contributed by atoms with E-state index in [-0.39, 0.29) is 11.9 Å². The molecule has 0 saturated carbocycles. The minimum Gasteiger partial charge on any atom is -0.323 e. The first-order valence-electron chi connectivity index (χ1n) is 7.39. The molecule has 3 nitrogen and oxygen atoms in total. The van der Waals surface area contributed by atoms with Gasteiger partial charge in [-0.25, -0.2) is 0 Å². The lowest BCUT2D eigenvalue weighted by molar-refractivity contribution is -0.118. The maximum atomic E-state index is 12.4. The molecule has 112 valence electrons. The fourth-order valence-electron chi connectivity index (χ4n) is 2.07. The number of rotatable bonds is 8. The van der Waals surface area contributed by atoms with E-state index in [0.717, 1.165) is 43.5 Å². The maximum Gasteiger partial charge on any atom is 0.241 e. The van der Waals surface area contributed by atoms with Crippen molar-refractivity contribution in [3.63, 3.8) is 0 Å². The SMILES string of the molecule is CCCCNC(CCC)C(=O)Nc1c(C)cccc1Cl. The zero-order chi connectivity index (χ0) is 15.0. The molecule has 0 radical (unpaired) electrons. The Balaban J connectivity index is 2.70. The molecule has 0 spiro atoms. The first-order valence-corrected chi connectivity index (χ1v) is 7.77. The van der Waals surface area contributed by atoms with Crippen LogP contribution in [0.4, 0.5) is 5.69 Å². The van der Waals surface area contributed by atoms with Gasteiger partial charge in [0.2, 0.25) is 5.91 Å². The average Bonchev–Trinajstić information content (AvgIpc) is 2.42. The number of aryl methyl sites for hydroxylation is 1. The third-order valence-electron chi connectivity index (χ3n) is 3.29. The molecule has 1 unspecified atom stereocenters. The van der Waals surface area contributed by atoms with E-state index in [1.165, 1.54) is 0 Å². The molecule has 1 atom stereocenters. The van der Waals surface area contributed by atoms with Crippen molar-refractivity contribution in [3.05, 3.63) is 28.8 Å². The number of para-hydroxylation sites is 1. The number of unbranched alkanes of at least 4 members (excludes halogenated alkanes) is 1. The summed E-state index contributed by atoms with van der Waals surface area (Å²) in [6.07, 6.45) is 4.01. The van der Waals surface area contributed by atoms with Crippen LogP contribution in [-0.2, 0) is 4.79 Å². The normalized spacial score (nSPS) is 12.2. The third kappa shape index (κ3) is 5.14. The zero-order valence-corrected chi connectivity index (χ0v) is 13.4. The van der Waals surface area contributed by atoms with Gasteiger partial charge in [0.25, 0.3) is 0 Å². The lowest BCUT2D eigenvalue weighted by Crippen LogP contribution is -2.41. The topological polar surface area (TPSA) is 41.1 Å². The van der Waals surface area contributed by atoms with Crippen molar-refractivity contribution in [1.29, 1.82) is 0 Å². The predicted molar refractivity (Wildman–Crippen MR) is 86.4 cm³/mol.